The summed E-state index contributed by atoms with van der Waals surface area (Å²) in [6.07, 6.45) is 0. The molecular weight excluding hydrogens is 282 g/mol. The van der Waals surface area contributed by atoms with Crippen molar-refractivity contribution in [2.24, 2.45) is 10.8 Å². The number of nitrogens with zero attached hydrogens (tertiary/aromatic N) is 1. The quantitative estimate of drug-likeness (QED) is 0.583. The minimum Gasteiger partial charge on any atom is -0.507 e. The minimum atomic E-state index is -0.685. The zero-order valence-corrected chi connectivity index (χ0v) is 12.3. The Balaban J connectivity index is 2.17. The van der Waals surface area contributed by atoms with Crippen molar-refractivity contribution < 1.29 is 14.6 Å². The van der Waals surface area contributed by atoms with Crippen molar-refractivity contribution in [2.45, 2.75) is 6.92 Å². The summed E-state index contributed by atoms with van der Waals surface area (Å²) < 4.78 is 5.08. The van der Waals surface area contributed by atoms with Gasteiger partial charge in [-0.15, -0.1) is 0 Å². The van der Waals surface area contributed by atoms with E-state index < -0.39 is 5.91 Å². The lowest BCUT2D eigenvalue weighted by Gasteiger charge is -2.07. The fraction of sp³-hybridized carbons (Fsp3) is 0.125. The molecule has 0 aliphatic rings. The predicted octanol–water partition coefficient (Wildman–Crippen LogP) is 2.34. The second kappa shape index (κ2) is 6.62. The minimum absolute atomic E-state index is 0.0662. The fourth-order valence-electron chi connectivity index (χ4n) is 1.84. The van der Waals surface area contributed by atoms with Crippen LogP contribution in [0.1, 0.15) is 22.8 Å². The van der Waals surface area contributed by atoms with Crippen molar-refractivity contribution in [3.63, 3.8) is 0 Å². The Morgan fingerprint density at radius 1 is 1.23 bits per heavy atom. The Hall–Kier alpha value is -3.02. The molecule has 0 spiro atoms. The van der Waals surface area contributed by atoms with Gasteiger partial charge in [-0.3, -0.25) is 10.2 Å². The summed E-state index contributed by atoms with van der Waals surface area (Å²) >= 11 is 0. The molecule has 0 aliphatic heterocycles. The zero-order valence-electron chi connectivity index (χ0n) is 12.3. The molecule has 0 heterocycles. The van der Waals surface area contributed by atoms with E-state index >= 15 is 0 Å². The van der Waals surface area contributed by atoms with Gasteiger partial charge >= 0.3 is 0 Å². The van der Waals surface area contributed by atoms with E-state index in [1.165, 1.54) is 12.1 Å². The SMILES string of the molecule is COc1ccc(N/N=C(/C)c2ccc(O)c(C(N)=O)c2)cc1. The van der Waals surface area contributed by atoms with E-state index in [9.17, 15) is 9.90 Å². The van der Waals surface area contributed by atoms with E-state index in [1.54, 1.807) is 20.1 Å². The number of primary amides is 1. The van der Waals surface area contributed by atoms with Crippen molar-refractivity contribution in [3.05, 3.63) is 53.6 Å². The molecule has 114 valence electrons. The summed E-state index contributed by atoms with van der Waals surface area (Å²) in [5.41, 5.74) is 10.3. The third-order valence-corrected chi connectivity index (χ3v) is 3.12. The maximum absolute atomic E-state index is 11.2. The molecule has 2 aromatic rings. The average Bonchev–Trinajstić information content (AvgIpc) is 2.53. The molecular formula is C16H17N3O3. The number of carbonyl (C=O) groups excluding carboxylic acids is 1. The number of benzene rings is 2. The van der Waals surface area contributed by atoms with Gasteiger partial charge in [0.05, 0.1) is 24.1 Å². The number of rotatable bonds is 5. The van der Waals surface area contributed by atoms with E-state index in [1.807, 2.05) is 24.3 Å². The number of hydrazone groups is 1. The third kappa shape index (κ3) is 3.54. The number of methoxy groups -OCH3 is 1. The first kappa shape index (κ1) is 15.4. The summed E-state index contributed by atoms with van der Waals surface area (Å²) in [4.78, 5) is 11.2. The first-order valence-electron chi connectivity index (χ1n) is 6.59. The van der Waals surface area contributed by atoms with Crippen molar-refractivity contribution in [2.75, 3.05) is 12.5 Å². The largest absolute Gasteiger partial charge is 0.507 e. The van der Waals surface area contributed by atoms with Gasteiger partial charge in [0.2, 0.25) is 0 Å². The zero-order chi connectivity index (χ0) is 16.1. The van der Waals surface area contributed by atoms with Crippen LogP contribution in [0.15, 0.2) is 47.6 Å². The van der Waals surface area contributed by atoms with E-state index in [0.29, 0.717) is 11.3 Å². The highest BCUT2D eigenvalue weighted by atomic mass is 16.5. The van der Waals surface area contributed by atoms with Gasteiger partial charge < -0.3 is 15.6 Å². The van der Waals surface area contributed by atoms with Gasteiger partial charge in [-0.25, -0.2) is 0 Å². The molecule has 0 fully saturated rings. The Morgan fingerprint density at radius 2 is 1.91 bits per heavy atom. The number of phenols is 1. The maximum Gasteiger partial charge on any atom is 0.252 e. The van der Waals surface area contributed by atoms with Crippen molar-refractivity contribution in [1.82, 2.24) is 0 Å². The first-order chi connectivity index (χ1) is 10.5. The number of ether oxygens (including phenoxy) is 1. The van der Waals surface area contributed by atoms with E-state index in [2.05, 4.69) is 10.5 Å². The Morgan fingerprint density at radius 3 is 2.50 bits per heavy atom. The summed E-state index contributed by atoms with van der Waals surface area (Å²) in [5.74, 6) is -0.0710. The molecule has 0 atom stereocenters. The number of amides is 1. The normalized spacial score (nSPS) is 11.1. The molecule has 0 saturated carbocycles. The number of hydrogen-bond acceptors (Lipinski definition) is 5. The van der Waals surface area contributed by atoms with Gasteiger partial charge in [0.15, 0.2) is 0 Å². The molecule has 0 radical (unpaired) electrons. The second-order valence-corrected chi connectivity index (χ2v) is 4.63. The number of aromatic hydroxyl groups is 1. The van der Waals surface area contributed by atoms with Gasteiger partial charge in [0, 0.05) is 0 Å². The first-order valence-corrected chi connectivity index (χ1v) is 6.59. The molecule has 0 aromatic heterocycles. The van der Waals surface area contributed by atoms with Crippen LogP contribution in [0, 0.1) is 0 Å². The average molecular weight is 299 g/mol. The molecule has 1 amide bonds. The van der Waals surface area contributed by atoms with Gasteiger partial charge in [-0.05, 0) is 55.0 Å². The van der Waals surface area contributed by atoms with Gasteiger partial charge in [-0.1, -0.05) is 0 Å². The second-order valence-electron chi connectivity index (χ2n) is 4.63. The van der Waals surface area contributed by atoms with E-state index in [0.717, 1.165) is 11.4 Å². The Bertz CT molecular complexity index is 709. The van der Waals surface area contributed by atoms with Gasteiger partial charge in [0.1, 0.15) is 11.5 Å². The molecule has 2 rings (SSSR count). The Kier molecular flexibility index (Phi) is 4.63. The van der Waals surface area contributed by atoms with Crippen molar-refractivity contribution in [3.8, 4) is 11.5 Å². The maximum atomic E-state index is 11.2. The fourth-order valence-corrected chi connectivity index (χ4v) is 1.84. The number of carbonyl (C=O) groups is 1. The summed E-state index contributed by atoms with van der Waals surface area (Å²) in [6, 6.07) is 11.9. The molecule has 0 saturated heterocycles. The van der Waals surface area contributed by atoms with Crippen molar-refractivity contribution >= 4 is 17.3 Å². The topological polar surface area (TPSA) is 96.9 Å². The predicted molar refractivity (Wildman–Crippen MR) is 85.5 cm³/mol. The van der Waals surface area contributed by atoms with Crippen LogP contribution in [0.4, 0.5) is 5.69 Å². The number of nitrogens with two attached hydrogens (primary N) is 1. The summed E-state index contributed by atoms with van der Waals surface area (Å²) in [5, 5.41) is 13.8. The van der Waals surface area contributed by atoms with Gasteiger partial charge in [0.25, 0.3) is 5.91 Å². The molecule has 6 heteroatoms. The highest BCUT2D eigenvalue weighted by molar-refractivity contribution is 6.03. The van der Waals surface area contributed by atoms with Crippen LogP contribution in [-0.4, -0.2) is 23.8 Å². The molecule has 0 bridgehead atoms. The molecule has 6 nitrogen and oxygen atoms in total. The molecule has 4 N–H and O–H groups in total. The molecule has 0 unspecified atom stereocenters. The lowest BCUT2D eigenvalue weighted by Crippen LogP contribution is -2.12. The van der Waals surface area contributed by atoms with Crippen LogP contribution in [0.3, 0.4) is 0 Å². The standard InChI is InChI=1S/C16H17N3O3/c1-10(11-3-8-15(20)14(9-11)16(17)21)18-19-12-4-6-13(22-2)7-5-12/h3-9,19-20H,1-2H3,(H2,17,21)/b18-10-. The van der Waals surface area contributed by atoms with Crippen LogP contribution in [0.2, 0.25) is 0 Å². The van der Waals surface area contributed by atoms with Crippen LogP contribution in [0.5, 0.6) is 11.5 Å². The highest BCUT2D eigenvalue weighted by Gasteiger charge is 2.09. The number of nitrogens with one attached hydrogen (secondary N) is 1. The molecule has 2 aromatic carbocycles. The van der Waals surface area contributed by atoms with E-state index in [-0.39, 0.29) is 11.3 Å². The number of hydrogen-bond donors (Lipinski definition) is 3. The summed E-state index contributed by atoms with van der Waals surface area (Å²) in [6.45, 7) is 1.79. The van der Waals surface area contributed by atoms with Crippen LogP contribution in [-0.2, 0) is 0 Å². The van der Waals surface area contributed by atoms with E-state index in [4.69, 9.17) is 10.5 Å². The molecule has 22 heavy (non-hydrogen) atoms. The summed E-state index contributed by atoms with van der Waals surface area (Å²) in [7, 11) is 1.60. The molecule has 0 aliphatic carbocycles. The van der Waals surface area contributed by atoms with Crippen LogP contribution < -0.4 is 15.9 Å². The van der Waals surface area contributed by atoms with Crippen molar-refractivity contribution in [1.29, 1.82) is 0 Å². The smallest absolute Gasteiger partial charge is 0.252 e. The van der Waals surface area contributed by atoms with Gasteiger partial charge in [-0.2, -0.15) is 5.10 Å². The lowest BCUT2D eigenvalue weighted by atomic mass is 10.1. The van der Waals surface area contributed by atoms with Crippen LogP contribution in [0.25, 0.3) is 0 Å². The Labute approximate surface area is 128 Å². The van der Waals surface area contributed by atoms with Crippen LogP contribution >= 0.6 is 0 Å². The highest BCUT2D eigenvalue weighted by Crippen LogP contribution is 2.19. The monoisotopic (exact) mass is 299 g/mol. The number of anilines is 1. The lowest BCUT2D eigenvalue weighted by molar-refractivity contribution is 0.0998. The third-order valence-electron chi connectivity index (χ3n) is 3.12.